The quantitative estimate of drug-likeness (QED) is 0.470. The van der Waals surface area contributed by atoms with E-state index in [4.69, 9.17) is 16.3 Å². The van der Waals surface area contributed by atoms with Crippen molar-refractivity contribution in [2.24, 2.45) is 0 Å². The van der Waals surface area contributed by atoms with Crippen LogP contribution < -0.4 is 0 Å². The number of benzene rings is 2. The van der Waals surface area contributed by atoms with Crippen LogP contribution in [0.4, 0.5) is 8.78 Å². The van der Waals surface area contributed by atoms with Gasteiger partial charge in [-0.3, -0.25) is 4.57 Å². The monoisotopic (exact) mass is 389 g/mol. The lowest BCUT2D eigenvalue weighted by molar-refractivity contribution is 0.0228. The zero-order valence-corrected chi connectivity index (χ0v) is 14.9. The summed E-state index contributed by atoms with van der Waals surface area (Å²) in [5, 5.41) is 0.906. The number of ether oxygens (including phenoxy) is 1. The van der Waals surface area contributed by atoms with Gasteiger partial charge in [0, 0.05) is 10.9 Å². The highest BCUT2D eigenvalue weighted by Gasteiger charge is 2.26. The standard InChI is InChI=1S/C19H14ClF2N3O2/c1-10(17-24-13-8-4-5-9-14(13)25(17)19(21)22)27-18(26)16-15(20)11-6-2-3-7-12(11)23-16/h2-10,19,23H,1H3. The van der Waals surface area contributed by atoms with E-state index in [1.165, 1.54) is 6.92 Å². The number of aromatic nitrogens is 3. The Labute approximate surface area is 157 Å². The van der Waals surface area contributed by atoms with E-state index in [0.717, 1.165) is 4.57 Å². The first kappa shape index (κ1) is 17.5. The molecule has 0 aliphatic carbocycles. The van der Waals surface area contributed by atoms with Gasteiger partial charge in [-0.15, -0.1) is 0 Å². The predicted molar refractivity (Wildman–Crippen MR) is 98.1 cm³/mol. The van der Waals surface area contributed by atoms with Gasteiger partial charge in [-0.05, 0) is 25.1 Å². The zero-order chi connectivity index (χ0) is 19.1. The highest BCUT2D eigenvalue weighted by Crippen LogP contribution is 2.31. The van der Waals surface area contributed by atoms with Gasteiger partial charge in [-0.2, -0.15) is 8.78 Å². The maximum absolute atomic E-state index is 13.6. The molecule has 4 rings (SSSR count). The van der Waals surface area contributed by atoms with Crippen LogP contribution in [0.15, 0.2) is 48.5 Å². The maximum Gasteiger partial charge on any atom is 0.357 e. The average Bonchev–Trinajstić information content (AvgIpc) is 3.20. The minimum atomic E-state index is -2.81. The molecule has 0 spiro atoms. The molecule has 27 heavy (non-hydrogen) atoms. The molecule has 138 valence electrons. The molecule has 0 bridgehead atoms. The number of hydrogen-bond donors (Lipinski definition) is 1. The Morgan fingerprint density at radius 3 is 2.63 bits per heavy atom. The Morgan fingerprint density at radius 2 is 1.89 bits per heavy atom. The number of fused-ring (bicyclic) bond motifs is 2. The topological polar surface area (TPSA) is 59.9 Å². The number of esters is 1. The molecule has 8 heteroatoms. The molecule has 0 radical (unpaired) electrons. The molecule has 4 aromatic rings. The molecule has 0 amide bonds. The smallest absolute Gasteiger partial charge is 0.357 e. The van der Waals surface area contributed by atoms with Crippen molar-refractivity contribution in [2.75, 3.05) is 0 Å². The van der Waals surface area contributed by atoms with Gasteiger partial charge in [-0.25, -0.2) is 9.78 Å². The molecule has 2 aromatic carbocycles. The number of carbonyl (C=O) groups excluding carboxylic acids is 1. The molecule has 0 aliphatic rings. The van der Waals surface area contributed by atoms with Crippen molar-refractivity contribution in [1.29, 1.82) is 0 Å². The highest BCUT2D eigenvalue weighted by atomic mass is 35.5. The lowest BCUT2D eigenvalue weighted by atomic mass is 10.2. The van der Waals surface area contributed by atoms with Crippen LogP contribution in [0.1, 0.15) is 35.9 Å². The first-order chi connectivity index (χ1) is 13.0. The largest absolute Gasteiger partial charge is 0.450 e. The van der Waals surface area contributed by atoms with Gasteiger partial charge in [0.2, 0.25) is 0 Å². The molecule has 2 heterocycles. The number of nitrogens with one attached hydrogen (secondary N) is 1. The van der Waals surface area contributed by atoms with E-state index in [1.54, 1.807) is 48.5 Å². The summed E-state index contributed by atoms with van der Waals surface area (Å²) in [4.78, 5) is 19.7. The van der Waals surface area contributed by atoms with Gasteiger partial charge in [0.15, 0.2) is 11.9 Å². The summed E-state index contributed by atoms with van der Waals surface area (Å²) < 4.78 is 33.3. The van der Waals surface area contributed by atoms with E-state index in [1.807, 2.05) is 0 Å². The summed E-state index contributed by atoms with van der Waals surface area (Å²) in [7, 11) is 0. The fourth-order valence-electron chi connectivity index (χ4n) is 3.08. The Morgan fingerprint density at radius 1 is 1.19 bits per heavy atom. The molecular formula is C19H14ClF2N3O2. The molecular weight excluding hydrogens is 376 g/mol. The normalized spacial score (nSPS) is 12.8. The van der Waals surface area contributed by atoms with Crippen LogP contribution in [0, 0.1) is 0 Å². The first-order valence-corrected chi connectivity index (χ1v) is 8.57. The number of alkyl halides is 2. The number of nitrogens with zero attached hydrogens (tertiary/aromatic N) is 2. The molecule has 0 aliphatic heterocycles. The van der Waals surface area contributed by atoms with Crippen LogP contribution in [-0.4, -0.2) is 20.5 Å². The van der Waals surface area contributed by atoms with Crippen molar-refractivity contribution in [3.63, 3.8) is 0 Å². The van der Waals surface area contributed by atoms with E-state index >= 15 is 0 Å². The van der Waals surface area contributed by atoms with E-state index in [2.05, 4.69) is 9.97 Å². The number of para-hydroxylation sites is 3. The zero-order valence-electron chi connectivity index (χ0n) is 14.1. The number of imidazole rings is 1. The molecule has 0 fully saturated rings. The van der Waals surface area contributed by atoms with Gasteiger partial charge in [-0.1, -0.05) is 41.9 Å². The molecule has 2 aromatic heterocycles. The lowest BCUT2D eigenvalue weighted by Crippen LogP contribution is -2.15. The van der Waals surface area contributed by atoms with Crippen LogP contribution >= 0.6 is 11.6 Å². The van der Waals surface area contributed by atoms with Crippen molar-refractivity contribution in [2.45, 2.75) is 19.6 Å². The Kier molecular flexibility index (Phi) is 4.31. The molecule has 0 saturated heterocycles. The lowest BCUT2D eigenvalue weighted by Gasteiger charge is -2.14. The number of H-pyrrole nitrogens is 1. The first-order valence-electron chi connectivity index (χ1n) is 8.19. The fourth-order valence-corrected chi connectivity index (χ4v) is 3.36. The number of halogens is 3. The van der Waals surface area contributed by atoms with Gasteiger partial charge in [0.25, 0.3) is 0 Å². The Balaban J connectivity index is 1.68. The Bertz CT molecular complexity index is 1150. The van der Waals surface area contributed by atoms with Crippen LogP contribution in [0.25, 0.3) is 21.9 Å². The van der Waals surface area contributed by atoms with Crippen LogP contribution in [0.2, 0.25) is 5.02 Å². The minimum absolute atomic E-state index is 0.0354. The fraction of sp³-hybridized carbons (Fsp3) is 0.158. The summed E-state index contributed by atoms with van der Waals surface area (Å²) in [6, 6.07) is 13.7. The van der Waals surface area contributed by atoms with Crippen molar-refractivity contribution < 1.29 is 18.3 Å². The molecule has 1 unspecified atom stereocenters. The van der Waals surface area contributed by atoms with Crippen molar-refractivity contribution in [1.82, 2.24) is 14.5 Å². The summed E-state index contributed by atoms with van der Waals surface area (Å²) in [5.74, 6) is -0.775. The van der Waals surface area contributed by atoms with E-state index < -0.39 is 18.6 Å². The SMILES string of the molecule is CC(OC(=O)c1[nH]c2ccccc2c1Cl)c1nc2ccccc2n1C(F)F. The predicted octanol–water partition coefficient (Wildman–Crippen LogP) is 5.48. The van der Waals surface area contributed by atoms with Gasteiger partial charge >= 0.3 is 12.5 Å². The highest BCUT2D eigenvalue weighted by molar-refractivity contribution is 6.38. The molecule has 0 saturated carbocycles. The van der Waals surface area contributed by atoms with E-state index in [0.29, 0.717) is 16.4 Å². The van der Waals surface area contributed by atoms with Crippen LogP contribution in [-0.2, 0) is 4.74 Å². The summed E-state index contributed by atoms with van der Waals surface area (Å²) >= 11 is 6.25. The van der Waals surface area contributed by atoms with Gasteiger partial charge < -0.3 is 9.72 Å². The molecule has 1 N–H and O–H groups in total. The average molecular weight is 390 g/mol. The van der Waals surface area contributed by atoms with Crippen LogP contribution in [0.3, 0.4) is 0 Å². The van der Waals surface area contributed by atoms with Gasteiger partial charge in [0.1, 0.15) is 5.69 Å². The maximum atomic E-state index is 13.6. The third-order valence-electron chi connectivity index (χ3n) is 4.31. The van der Waals surface area contributed by atoms with Crippen molar-refractivity contribution >= 4 is 39.5 Å². The third kappa shape index (κ3) is 2.94. The van der Waals surface area contributed by atoms with Crippen molar-refractivity contribution in [3.05, 3.63) is 65.1 Å². The van der Waals surface area contributed by atoms with Gasteiger partial charge in [0.05, 0.1) is 16.1 Å². The number of aromatic amines is 1. The Hall–Kier alpha value is -2.93. The second kappa shape index (κ2) is 6.66. The summed E-state index contributed by atoms with van der Waals surface area (Å²) in [6.07, 6.45) is -0.999. The van der Waals surface area contributed by atoms with E-state index in [9.17, 15) is 13.6 Å². The summed E-state index contributed by atoms with van der Waals surface area (Å²) in [6.45, 7) is -1.32. The van der Waals surface area contributed by atoms with Crippen molar-refractivity contribution in [3.8, 4) is 0 Å². The third-order valence-corrected chi connectivity index (χ3v) is 4.71. The van der Waals surface area contributed by atoms with E-state index in [-0.39, 0.29) is 22.1 Å². The van der Waals surface area contributed by atoms with Crippen LogP contribution in [0.5, 0.6) is 0 Å². The number of carbonyl (C=O) groups is 1. The minimum Gasteiger partial charge on any atom is -0.450 e. The molecule has 1 atom stereocenters. The second-order valence-corrected chi connectivity index (χ2v) is 6.39. The number of rotatable bonds is 4. The number of hydrogen-bond acceptors (Lipinski definition) is 3. The molecule has 5 nitrogen and oxygen atoms in total. The second-order valence-electron chi connectivity index (χ2n) is 6.01. The summed E-state index contributed by atoms with van der Waals surface area (Å²) in [5.41, 5.74) is 1.43.